The first-order chi connectivity index (χ1) is 17.1. The number of hydrogen-bond donors (Lipinski definition) is 0. The van der Waals surface area contributed by atoms with E-state index in [2.05, 4.69) is 22.5 Å². The van der Waals surface area contributed by atoms with Crippen molar-refractivity contribution in [3.8, 4) is 0 Å². The molecule has 2 aliphatic rings. The molecule has 1 amide bonds. The number of sulfonamides is 1. The Hall–Kier alpha value is -3.07. The van der Waals surface area contributed by atoms with Crippen molar-refractivity contribution in [3.63, 3.8) is 0 Å². The van der Waals surface area contributed by atoms with Gasteiger partial charge < -0.3 is 4.90 Å². The predicted molar refractivity (Wildman–Crippen MR) is 143 cm³/mol. The number of benzene rings is 3. The second kappa shape index (κ2) is 8.80. The highest BCUT2D eigenvalue weighted by molar-refractivity contribution is 9.10. The number of rotatable bonds is 5. The highest BCUT2D eigenvalue weighted by atomic mass is 79.9. The lowest BCUT2D eigenvalue weighted by atomic mass is 9.67. The molecule has 2 heterocycles. The Morgan fingerprint density at radius 3 is 2.44 bits per heavy atom. The number of carbonyl (C=O) groups excluding carboxylic acids is 2. The highest BCUT2D eigenvalue weighted by Gasteiger charge is 2.68. The zero-order valence-corrected chi connectivity index (χ0v) is 22.3. The van der Waals surface area contributed by atoms with Crippen molar-refractivity contribution in [2.45, 2.75) is 23.3 Å². The number of ketones is 1. The van der Waals surface area contributed by atoms with E-state index in [1.165, 1.54) is 21.3 Å². The van der Waals surface area contributed by atoms with Gasteiger partial charge in [0.2, 0.25) is 15.9 Å². The van der Waals surface area contributed by atoms with Gasteiger partial charge in [-0.1, -0.05) is 70.0 Å². The van der Waals surface area contributed by atoms with Gasteiger partial charge >= 0.3 is 0 Å². The highest BCUT2D eigenvalue weighted by Crippen LogP contribution is 2.55. The molecule has 1 saturated heterocycles. The predicted octanol–water partition coefficient (Wildman–Crippen LogP) is 4.73. The number of carbonyl (C=O) groups is 2. The molecular formula is C28H25BrN2O4S. The number of fused-ring (bicyclic) bond motifs is 2. The van der Waals surface area contributed by atoms with Crippen molar-refractivity contribution >= 4 is 43.3 Å². The number of para-hydroxylation sites is 1. The minimum atomic E-state index is -4.14. The molecule has 3 aromatic carbocycles. The Morgan fingerprint density at radius 2 is 1.78 bits per heavy atom. The van der Waals surface area contributed by atoms with Gasteiger partial charge in [-0.25, -0.2) is 8.42 Å². The third-order valence-corrected chi connectivity index (χ3v) is 9.66. The van der Waals surface area contributed by atoms with Crippen molar-refractivity contribution in [1.82, 2.24) is 4.31 Å². The van der Waals surface area contributed by atoms with Gasteiger partial charge in [0.1, 0.15) is 11.5 Å². The summed E-state index contributed by atoms with van der Waals surface area (Å²) in [5.74, 6) is -1.37. The molecule has 36 heavy (non-hydrogen) atoms. The quantitative estimate of drug-likeness (QED) is 0.331. The molecule has 0 unspecified atom stereocenters. The summed E-state index contributed by atoms with van der Waals surface area (Å²) in [4.78, 5) is 30.0. The van der Waals surface area contributed by atoms with Gasteiger partial charge in [0, 0.05) is 35.2 Å². The minimum absolute atomic E-state index is 0.0436. The van der Waals surface area contributed by atoms with Crippen LogP contribution < -0.4 is 4.90 Å². The minimum Gasteiger partial charge on any atom is -0.314 e. The molecular weight excluding hydrogens is 540 g/mol. The molecule has 0 aromatic heterocycles. The molecule has 1 fully saturated rings. The summed E-state index contributed by atoms with van der Waals surface area (Å²) in [5, 5.41) is 0. The lowest BCUT2D eigenvalue weighted by Crippen LogP contribution is -2.55. The fourth-order valence-corrected chi connectivity index (χ4v) is 7.64. The summed E-state index contributed by atoms with van der Waals surface area (Å²) in [6.07, 6.45) is 1.61. The lowest BCUT2D eigenvalue weighted by molar-refractivity contribution is -0.124. The standard InChI is InChI=1S/C28H25BrN2O4S/c1-4-20-17-31(36(34,35)22-14-12-18(2)13-15-22)26(25(32)19-8-7-9-21(29)16-19)28(20)23-10-5-6-11-24(23)30(3)27(28)33/h4-16,20,26H,1,17H2,2-3H3/t20-,26+,28+/m1/s1. The molecule has 184 valence electrons. The maximum atomic E-state index is 14.3. The van der Waals surface area contributed by atoms with E-state index in [0.29, 0.717) is 21.3 Å². The first-order valence-electron chi connectivity index (χ1n) is 11.5. The van der Waals surface area contributed by atoms with E-state index >= 15 is 0 Å². The maximum absolute atomic E-state index is 14.3. The van der Waals surface area contributed by atoms with E-state index in [1.54, 1.807) is 49.5 Å². The van der Waals surface area contributed by atoms with Crippen LogP contribution in [0.15, 0.2) is 94.8 Å². The van der Waals surface area contributed by atoms with E-state index < -0.39 is 33.2 Å². The summed E-state index contributed by atoms with van der Waals surface area (Å²) in [7, 11) is -2.47. The van der Waals surface area contributed by atoms with Gasteiger partial charge in [-0.05, 0) is 42.8 Å². The number of aryl methyl sites for hydroxylation is 1. The fraction of sp³-hybridized carbons (Fsp3) is 0.214. The molecule has 6 nitrogen and oxygen atoms in total. The van der Waals surface area contributed by atoms with Gasteiger partial charge in [0.05, 0.1) is 4.90 Å². The van der Waals surface area contributed by atoms with Gasteiger partial charge in [-0.3, -0.25) is 9.59 Å². The first-order valence-corrected chi connectivity index (χ1v) is 13.8. The Bertz CT molecular complexity index is 1500. The smallest absolute Gasteiger partial charge is 0.243 e. The largest absolute Gasteiger partial charge is 0.314 e. The van der Waals surface area contributed by atoms with Crippen LogP contribution in [0.3, 0.4) is 0 Å². The Labute approximate surface area is 219 Å². The normalized spacial score (nSPS) is 23.8. The van der Waals surface area contributed by atoms with E-state index in [-0.39, 0.29) is 17.3 Å². The van der Waals surface area contributed by atoms with E-state index in [4.69, 9.17) is 0 Å². The zero-order valence-electron chi connectivity index (χ0n) is 19.9. The van der Waals surface area contributed by atoms with Crippen molar-refractivity contribution in [1.29, 1.82) is 0 Å². The van der Waals surface area contributed by atoms with Gasteiger partial charge in [0.15, 0.2) is 5.78 Å². The molecule has 0 saturated carbocycles. The second-order valence-electron chi connectivity index (χ2n) is 9.26. The molecule has 5 rings (SSSR count). The monoisotopic (exact) mass is 564 g/mol. The average Bonchev–Trinajstić information content (AvgIpc) is 3.34. The van der Waals surface area contributed by atoms with Crippen LogP contribution in [0.25, 0.3) is 0 Å². The number of Topliss-reactive ketones (excluding diaryl/α,β-unsaturated/α-hetero) is 1. The van der Waals surface area contributed by atoms with Gasteiger partial charge in [-0.2, -0.15) is 4.31 Å². The molecule has 0 bridgehead atoms. The number of likely N-dealkylation sites (N-methyl/N-ethyl adjacent to an activating group) is 1. The third kappa shape index (κ3) is 3.43. The molecule has 3 aromatic rings. The fourth-order valence-electron chi connectivity index (χ4n) is 5.59. The summed E-state index contributed by atoms with van der Waals surface area (Å²) < 4.78 is 30.0. The SMILES string of the molecule is C=C[C@@H]1CN(S(=O)(=O)c2ccc(C)cc2)[C@@H](C(=O)c2cccc(Br)c2)[C@]12C(=O)N(C)c1ccccc12. The van der Waals surface area contributed by atoms with E-state index in [0.717, 1.165) is 5.56 Å². The van der Waals surface area contributed by atoms with Crippen LogP contribution in [-0.2, 0) is 20.2 Å². The van der Waals surface area contributed by atoms with Crippen molar-refractivity contribution < 1.29 is 18.0 Å². The summed E-state index contributed by atoms with van der Waals surface area (Å²) in [6, 6.07) is 19.3. The molecule has 8 heteroatoms. The Kier molecular flexibility index (Phi) is 6.01. The van der Waals surface area contributed by atoms with Crippen LogP contribution in [-0.4, -0.2) is 44.0 Å². The molecule has 1 spiro atoms. The number of halogens is 1. The zero-order chi connectivity index (χ0) is 25.8. The molecule has 3 atom stereocenters. The molecule has 2 aliphatic heterocycles. The van der Waals surface area contributed by atoms with Gasteiger partial charge in [0.25, 0.3) is 0 Å². The topological polar surface area (TPSA) is 74.8 Å². The summed E-state index contributed by atoms with van der Waals surface area (Å²) >= 11 is 3.41. The van der Waals surface area contributed by atoms with Crippen molar-refractivity contribution in [2.24, 2.45) is 5.92 Å². The van der Waals surface area contributed by atoms with Crippen LogP contribution in [0.4, 0.5) is 5.69 Å². The van der Waals surface area contributed by atoms with Crippen LogP contribution in [0.1, 0.15) is 21.5 Å². The second-order valence-corrected chi connectivity index (χ2v) is 12.1. The molecule has 0 N–H and O–H groups in total. The van der Waals surface area contributed by atoms with Crippen LogP contribution in [0.2, 0.25) is 0 Å². The Balaban J connectivity index is 1.79. The summed E-state index contributed by atoms with van der Waals surface area (Å²) in [5.41, 5.74) is 1.10. The number of anilines is 1. The number of hydrogen-bond acceptors (Lipinski definition) is 4. The van der Waals surface area contributed by atoms with E-state index in [9.17, 15) is 18.0 Å². The van der Waals surface area contributed by atoms with Crippen molar-refractivity contribution in [3.05, 3.63) is 107 Å². The Morgan fingerprint density at radius 1 is 1.08 bits per heavy atom. The van der Waals surface area contributed by atoms with E-state index in [1.807, 2.05) is 31.2 Å². The van der Waals surface area contributed by atoms with Crippen LogP contribution >= 0.6 is 15.9 Å². The summed E-state index contributed by atoms with van der Waals surface area (Å²) in [6.45, 7) is 5.79. The maximum Gasteiger partial charge on any atom is 0.243 e. The average molecular weight is 565 g/mol. The molecule has 0 aliphatic carbocycles. The van der Waals surface area contributed by atoms with Gasteiger partial charge in [-0.15, -0.1) is 6.58 Å². The first kappa shape index (κ1) is 24.6. The van der Waals surface area contributed by atoms with Crippen molar-refractivity contribution in [2.75, 3.05) is 18.5 Å². The third-order valence-electron chi connectivity index (χ3n) is 7.32. The van der Waals surface area contributed by atoms with Crippen LogP contribution in [0, 0.1) is 12.8 Å². The lowest BCUT2D eigenvalue weighted by Gasteiger charge is -2.35. The van der Waals surface area contributed by atoms with Crippen LogP contribution in [0.5, 0.6) is 0 Å². The number of nitrogens with zero attached hydrogens (tertiary/aromatic N) is 2. The number of amides is 1. The molecule has 0 radical (unpaired) electrons.